The van der Waals surface area contributed by atoms with E-state index < -0.39 is 12.0 Å². The second-order valence-electron chi connectivity index (χ2n) is 5.43. The van der Waals surface area contributed by atoms with Gasteiger partial charge in [-0.25, -0.2) is 0 Å². The van der Waals surface area contributed by atoms with Crippen LogP contribution in [0.2, 0.25) is 0 Å². The third-order valence-corrected chi connectivity index (χ3v) is 3.34. The first-order valence-corrected chi connectivity index (χ1v) is 5.49. The molecule has 15 heavy (non-hydrogen) atoms. The topological polar surface area (TPSA) is 63.3 Å². The number of hydrogen-bond donors (Lipinski definition) is 2. The summed E-state index contributed by atoms with van der Waals surface area (Å²) in [4.78, 5) is 10.7. The average Bonchev–Trinajstić information content (AvgIpc) is 2.15. The van der Waals surface area contributed by atoms with Crippen LogP contribution in [0.25, 0.3) is 0 Å². The summed E-state index contributed by atoms with van der Waals surface area (Å²) in [5.74, 6) is -0.280. The lowest BCUT2D eigenvalue weighted by atomic mass is 9.72. The van der Waals surface area contributed by atoms with Crippen LogP contribution in [0.15, 0.2) is 11.6 Å². The van der Waals surface area contributed by atoms with Crippen molar-refractivity contribution in [1.29, 1.82) is 0 Å². The Hall–Kier alpha value is -0.830. The Labute approximate surface area is 91.4 Å². The van der Waals surface area contributed by atoms with E-state index in [4.69, 9.17) is 10.8 Å². The number of aliphatic carboxylic acids is 1. The third kappa shape index (κ3) is 3.06. The van der Waals surface area contributed by atoms with Crippen LogP contribution in [0.1, 0.15) is 40.0 Å². The van der Waals surface area contributed by atoms with Gasteiger partial charge in [-0.05, 0) is 36.2 Å². The fraction of sp³-hybridized carbons (Fsp3) is 0.750. The lowest BCUT2D eigenvalue weighted by Crippen LogP contribution is -2.34. The van der Waals surface area contributed by atoms with E-state index in [0.29, 0.717) is 11.3 Å². The Bertz CT molecular complexity index is 276. The number of carboxylic acid groups (broad SMARTS) is 1. The molecule has 3 nitrogen and oxygen atoms in total. The first-order chi connectivity index (χ1) is 6.82. The van der Waals surface area contributed by atoms with Crippen LogP contribution in [-0.2, 0) is 4.79 Å². The van der Waals surface area contributed by atoms with Crippen LogP contribution in [0, 0.1) is 11.3 Å². The van der Waals surface area contributed by atoms with Crippen molar-refractivity contribution >= 4 is 5.97 Å². The minimum Gasteiger partial charge on any atom is -0.480 e. The molecule has 0 radical (unpaired) electrons. The van der Waals surface area contributed by atoms with Gasteiger partial charge >= 0.3 is 5.97 Å². The number of hydrogen-bond acceptors (Lipinski definition) is 2. The maximum absolute atomic E-state index is 10.7. The van der Waals surface area contributed by atoms with E-state index in [1.807, 2.05) is 6.08 Å². The second-order valence-corrected chi connectivity index (χ2v) is 5.43. The Morgan fingerprint density at radius 1 is 1.60 bits per heavy atom. The van der Waals surface area contributed by atoms with Crippen molar-refractivity contribution in [3.8, 4) is 0 Å². The van der Waals surface area contributed by atoms with Gasteiger partial charge in [-0.2, -0.15) is 0 Å². The van der Waals surface area contributed by atoms with Gasteiger partial charge in [0.1, 0.15) is 6.04 Å². The van der Waals surface area contributed by atoms with E-state index in [0.717, 1.165) is 24.8 Å². The van der Waals surface area contributed by atoms with Crippen molar-refractivity contribution in [1.82, 2.24) is 0 Å². The van der Waals surface area contributed by atoms with Crippen molar-refractivity contribution < 1.29 is 9.90 Å². The molecule has 0 heterocycles. The zero-order valence-electron chi connectivity index (χ0n) is 9.79. The summed E-state index contributed by atoms with van der Waals surface area (Å²) >= 11 is 0. The molecule has 3 N–H and O–H groups in total. The summed E-state index contributed by atoms with van der Waals surface area (Å²) in [6.45, 7) is 6.69. The smallest absolute Gasteiger partial charge is 0.324 e. The van der Waals surface area contributed by atoms with E-state index in [-0.39, 0.29) is 0 Å². The lowest BCUT2D eigenvalue weighted by Gasteiger charge is -2.33. The number of nitrogens with two attached hydrogens (primary N) is 1. The molecule has 0 aliphatic heterocycles. The summed E-state index contributed by atoms with van der Waals surface area (Å²) in [7, 11) is 0. The molecule has 86 valence electrons. The number of carboxylic acids is 1. The Morgan fingerprint density at radius 2 is 2.20 bits per heavy atom. The minimum atomic E-state index is -0.921. The molecule has 2 unspecified atom stereocenters. The molecule has 0 aromatic carbocycles. The van der Waals surface area contributed by atoms with Crippen LogP contribution in [0.3, 0.4) is 0 Å². The quantitative estimate of drug-likeness (QED) is 0.688. The Kier molecular flexibility index (Phi) is 3.55. The average molecular weight is 211 g/mol. The first kappa shape index (κ1) is 12.2. The van der Waals surface area contributed by atoms with Crippen molar-refractivity contribution in [2.24, 2.45) is 17.1 Å². The van der Waals surface area contributed by atoms with E-state index in [9.17, 15) is 4.79 Å². The maximum Gasteiger partial charge on any atom is 0.324 e. The highest BCUT2D eigenvalue weighted by atomic mass is 16.4. The van der Waals surface area contributed by atoms with Crippen LogP contribution < -0.4 is 5.73 Å². The molecule has 1 aliphatic rings. The van der Waals surface area contributed by atoms with Crippen molar-refractivity contribution in [3.63, 3.8) is 0 Å². The highest BCUT2D eigenvalue weighted by Gasteiger charge is 2.28. The van der Waals surface area contributed by atoms with E-state index in [2.05, 4.69) is 20.8 Å². The van der Waals surface area contributed by atoms with Crippen molar-refractivity contribution in [2.45, 2.75) is 46.1 Å². The van der Waals surface area contributed by atoms with Crippen LogP contribution in [0.4, 0.5) is 0 Å². The van der Waals surface area contributed by atoms with Gasteiger partial charge in [0, 0.05) is 0 Å². The minimum absolute atomic E-state index is 0.301. The van der Waals surface area contributed by atoms with Crippen LogP contribution in [0.5, 0.6) is 0 Å². The van der Waals surface area contributed by atoms with E-state index in [1.54, 1.807) is 0 Å². The molecule has 1 rings (SSSR count). The van der Waals surface area contributed by atoms with Gasteiger partial charge in [0.05, 0.1) is 0 Å². The summed E-state index contributed by atoms with van der Waals surface area (Å²) in [5, 5.41) is 8.79. The SMILES string of the molecule is CC(C)(C)C1CC=C(C(N)C(=O)O)CC1. The monoisotopic (exact) mass is 211 g/mol. The molecule has 0 fully saturated rings. The summed E-state index contributed by atoms with van der Waals surface area (Å²) in [6, 6.07) is -0.800. The van der Waals surface area contributed by atoms with Gasteiger partial charge in [0.25, 0.3) is 0 Å². The number of carbonyl (C=O) groups is 1. The normalized spacial score (nSPS) is 24.5. The molecule has 0 amide bonds. The van der Waals surface area contributed by atoms with Gasteiger partial charge in [0.2, 0.25) is 0 Å². The van der Waals surface area contributed by atoms with Crippen LogP contribution >= 0.6 is 0 Å². The van der Waals surface area contributed by atoms with E-state index >= 15 is 0 Å². The lowest BCUT2D eigenvalue weighted by molar-refractivity contribution is -0.137. The largest absolute Gasteiger partial charge is 0.480 e. The first-order valence-electron chi connectivity index (χ1n) is 5.49. The van der Waals surface area contributed by atoms with Gasteiger partial charge in [-0.3, -0.25) is 4.79 Å². The molecular formula is C12H21NO2. The van der Waals surface area contributed by atoms with Crippen molar-refractivity contribution in [3.05, 3.63) is 11.6 Å². The van der Waals surface area contributed by atoms with Gasteiger partial charge < -0.3 is 10.8 Å². The summed E-state index contributed by atoms with van der Waals surface area (Å²) in [6.07, 6.45) is 4.86. The van der Waals surface area contributed by atoms with Gasteiger partial charge in [-0.15, -0.1) is 0 Å². The molecule has 0 aromatic heterocycles. The summed E-state index contributed by atoms with van der Waals surface area (Å²) in [5.41, 5.74) is 6.77. The molecule has 2 atom stereocenters. The molecule has 0 saturated heterocycles. The van der Waals surface area contributed by atoms with Crippen LogP contribution in [-0.4, -0.2) is 17.1 Å². The highest BCUT2D eigenvalue weighted by Crippen LogP contribution is 2.37. The van der Waals surface area contributed by atoms with E-state index in [1.165, 1.54) is 0 Å². The molecule has 0 saturated carbocycles. The molecule has 3 heteroatoms. The molecule has 1 aliphatic carbocycles. The predicted octanol–water partition coefficient (Wildman–Crippen LogP) is 2.17. The number of rotatable bonds is 2. The highest BCUT2D eigenvalue weighted by molar-refractivity contribution is 5.77. The second kappa shape index (κ2) is 4.35. The molecular weight excluding hydrogens is 190 g/mol. The predicted molar refractivity (Wildman–Crippen MR) is 60.5 cm³/mol. The Morgan fingerprint density at radius 3 is 2.53 bits per heavy atom. The van der Waals surface area contributed by atoms with Crippen molar-refractivity contribution in [2.75, 3.05) is 0 Å². The standard InChI is InChI=1S/C12H21NO2/c1-12(2,3)9-6-4-8(5-7-9)10(13)11(14)15/h4,9-10H,5-7,13H2,1-3H3,(H,14,15). The molecule has 0 aromatic rings. The summed E-state index contributed by atoms with van der Waals surface area (Å²) < 4.78 is 0. The fourth-order valence-corrected chi connectivity index (χ4v) is 2.08. The zero-order chi connectivity index (χ0) is 11.6. The fourth-order valence-electron chi connectivity index (χ4n) is 2.08. The van der Waals surface area contributed by atoms with Gasteiger partial charge in [0.15, 0.2) is 0 Å². The number of allylic oxidation sites excluding steroid dienone is 1. The maximum atomic E-state index is 10.7. The zero-order valence-corrected chi connectivity index (χ0v) is 9.79. The molecule has 0 spiro atoms. The van der Waals surface area contributed by atoms with Gasteiger partial charge in [-0.1, -0.05) is 26.8 Å². The molecule has 0 bridgehead atoms. The third-order valence-electron chi connectivity index (χ3n) is 3.34. The Balaban J connectivity index is 2.63.